The Kier molecular flexibility index (Phi) is 2.40. The largest absolute Gasteiger partial charge is 0.480 e. The molecule has 1 saturated carbocycles. The van der Waals surface area contributed by atoms with Crippen LogP contribution in [0.15, 0.2) is 24.3 Å². The number of benzene rings is 1. The number of carbonyl (C=O) groups excluding carboxylic acids is 1. The van der Waals surface area contributed by atoms with Gasteiger partial charge in [0.15, 0.2) is 0 Å². The van der Waals surface area contributed by atoms with Crippen molar-refractivity contribution < 1.29 is 14.7 Å². The Morgan fingerprint density at radius 1 is 1.33 bits per heavy atom. The molecule has 0 saturated heterocycles. The summed E-state index contributed by atoms with van der Waals surface area (Å²) in [6.45, 7) is 0.547. The fourth-order valence-corrected chi connectivity index (χ4v) is 2.59. The van der Waals surface area contributed by atoms with E-state index in [4.69, 9.17) is 5.11 Å². The highest BCUT2D eigenvalue weighted by molar-refractivity contribution is 6.04. The molecule has 94 valence electrons. The first-order chi connectivity index (χ1) is 8.63. The fourth-order valence-electron chi connectivity index (χ4n) is 2.59. The van der Waals surface area contributed by atoms with Gasteiger partial charge in [0.25, 0.3) is 0 Å². The zero-order chi connectivity index (χ0) is 12.8. The predicted octanol–water partition coefficient (Wildman–Crippen LogP) is 1.31. The Morgan fingerprint density at radius 3 is 2.67 bits per heavy atom. The van der Waals surface area contributed by atoms with Crippen LogP contribution in [-0.2, 0) is 16.0 Å². The third-order valence-corrected chi connectivity index (χ3v) is 4.06. The van der Waals surface area contributed by atoms with Gasteiger partial charge in [0.1, 0.15) is 5.41 Å². The zero-order valence-electron chi connectivity index (χ0n) is 9.98. The van der Waals surface area contributed by atoms with Gasteiger partial charge in [0.05, 0.1) is 0 Å². The van der Waals surface area contributed by atoms with E-state index < -0.39 is 11.4 Å². The number of nitrogens with one attached hydrogen (secondary N) is 1. The van der Waals surface area contributed by atoms with E-state index in [0.29, 0.717) is 25.3 Å². The van der Waals surface area contributed by atoms with Crippen molar-refractivity contribution in [2.24, 2.45) is 5.41 Å². The Hall–Kier alpha value is -1.84. The molecule has 4 heteroatoms. The number of amides is 1. The van der Waals surface area contributed by atoms with Gasteiger partial charge in [-0.2, -0.15) is 0 Å². The summed E-state index contributed by atoms with van der Waals surface area (Å²) in [4.78, 5) is 22.8. The lowest BCUT2D eigenvalue weighted by Gasteiger charge is -2.30. The minimum atomic E-state index is -1.12. The minimum Gasteiger partial charge on any atom is -0.480 e. The fraction of sp³-hybridized carbons (Fsp3) is 0.429. The van der Waals surface area contributed by atoms with Gasteiger partial charge in [-0.25, -0.2) is 0 Å². The second kappa shape index (κ2) is 3.83. The van der Waals surface area contributed by atoms with Crippen molar-refractivity contribution in [1.82, 2.24) is 5.32 Å². The normalized spacial score (nSPS) is 22.6. The summed E-state index contributed by atoms with van der Waals surface area (Å²) < 4.78 is 0. The van der Waals surface area contributed by atoms with E-state index in [-0.39, 0.29) is 5.91 Å². The van der Waals surface area contributed by atoms with E-state index in [1.807, 2.05) is 12.1 Å². The summed E-state index contributed by atoms with van der Waals surface area (Å²) in [6, 6.07) is 8.16. The van der Waals surface area contributed by atoms with Crippen LogP contribution in [0, 0.1) is 5.41 Å². The van der Waals surface area contributed by atoms with Crippen molar-refractivity contribution in [1.29, 1.82) is 0 Å². The molecule has 0 spiro atoms. The molecule has 0 aromatic heterocycles. The Bertz CT molecular complexity index is 520. The SMILES string of the molecule is O=C(O)C1(C(=O)NCC2Cc3ccccc32)CC1. The van der Waals surface area contributed by atoms with Gasteiger partial charge in [-0.3, -0.25) is 9.59 Å². The third-order valence-electron chi connectivity index (χ3n) is 4.06. The Morgan fingerprint density at radius 2 is 2.06 bits per heavy atom. The number of hydrogen-bond donors (Lipinski definition) is 2. The van der Waals surface area contributed by atoms with Gasteiger partial charge in [-0.05, 0) is 30.4 Å². The molecule has 0 aliphatic heterocycles. The first-order valence-electron chi connectivity index (χ1n) is 6.23. The van der Waals surface area contributed by atoms with E-state index >= 15 is 0 Å². The summed E-state index contributed by atoms with van der Waals surface area (Å²) in [6.07, 6.45) is 1.90. The lowest BCUT2D eigenvalue weighted by molar-refractivity contribution is -0.149. The van der Waals surface area contributed by atoms with Gasteiger partial charge in [0, 0.05) is 12.5 Å². The first kappa shape index (κ1) is 11.3. The average molecular weight is 245 g/mol. The molecule has 18 heavy (non-hydrogen) atoms. The molecule has 1 atom stereocenters. The van der Waals surface area contributed by atoms with Crippen molar-refractivity contribution in [3.63, 3.8) is 0 Å². The average Bonchev–Trinajstić information content (AvgIpc) is 3.11. The molecule has 1 amide bonds. The Labute approximate surface area is 105 Å². The topological polar surface area (TPSA) is 66.4 Å². The van der Waals surface area contributed by atoms with Crippen LogP contribution in [0.3, 0.4) is 0 Å². The molecule has 1 fully saturated rings. The van der Waals surface area contributed by atoms with Crippen molar-refractivity contribution in [3.8, 4) is 0 Å². The lowest BCUT2D eigenvalue weighted by atomic mass is 9.77. The molecule has 4 nitrogen and oxygen atoms in total. The van der Waals surface area contributed by atoms with Gasteiger partial charge >= 0.3 is 5.97 Å². The van der Waals surface area contributed by atoms with Crippen LogP contribution in [0.25, 0.3) is 0 Å². The van der Waals surface area contributed by atoms with Crippen LogP contribution in [0.5, 0.6) is 0 Å². The molecular weight excluding hydrogens is 230 g/mol. The quantitative estimate of drug-likeness (QED) is 0.786. The number of aliphatic carboxylic acids is 1. The molecule has 0 heterocycles. The molecule has 1 aromatic rings. The highest BCUT2D eigenvalue weighted by atomic mass is 16.4. The molecule has 0 radical (unpaired) electrons. The van der Waals surface area contributed by atoms with Crippen LogP contribution >= 0.6 is 0 Å². The van der Waals surface area contributed by atoms with E-state index in [9.17, 15) is 9.59 Å². The first-order valence-corrected chi connectivity index (χ1v) is 6.23. The van der Waals surface area contributed by atoms with Crippen molar-refractivity contribution in [2.45, 2.75) is 25.2 Å². The molecule has 2 aliphatic rings. The smallest absolute Gasteiger partial charge is 0.319 e. The summed E-state index contributed by atoms with van der Waals surface area (Å²) in [5.74, 6) is -0.969. The molecule has 1 aromatic carbocycles. The summed E-state index contributed by atoms with van der Waals surface area (Å²) in [5, 5.41) is 11.8. The second-order valence-electron chi connectivity index (χ2n) is 5.20. The molecule has 0 bridgehead atoms. The number of carboxylic acid groups (broad SMARTS) is 1. The highest BCUT2D eigenvalue weighted by Gasteiger charge is 2.57. The molecule has 2 aliphatic carbocycles. The summed E-state index contributed by atoms with van der Waals surface area (Å²) in [5.41, 5.74) is 1.48. The molecule has 3 rings (SSSR count). The number of fused-ring (bicyclic) bond motifs is 1. The van der Waals surface area contributed by atoms with E-state index in [1.165, 1.54) is 11.1 Å². The number of carboxylic acids is 1. The lowest BCUT2D eigenvalue weighted by Crippen LogP contribution is -2.40. The van der Waals surface area contributed by atoms with Crippen molar-refractivity contribution >= 4 is 11.9 Å². The molecular formula is C14H15NO3. The van der Waals surface area contributed by atoms with Crippen LogP contribution in [0.2, 0.25) is 0 Å². The third kappa shape index (κ3) is 1.60. The van der Waals surface area contributed by atoms with Crippen molar-refractivity contribution in [3.05, 3.63) is 35.4 Å². The second-order valence-corrected chi connectivity index (χ2v) is 5.20. The Balaban J connectivity index is 1.58. The maximum Gasteiger partial charge on any atom is 0.319 e. The van der Waals surface area contributed by atoms with E-state index in [2.05, 4.69) is 17.4 Å². The van der Waals surface area contributed by atoms with Crippen LogP contribution < -0.4 is 5.32 Å². The predicted molar refractivity (Wildman–Crippen MR) is 65.2 cm³/mol. The maximum atomic E-state index is 11.8. The minimum absolute atomic E-state index is 0.320. The highest BCUT2D eigenvalue weighted by Crippen LogP contribution is 2.46. The summed E-state index contributed by atoms with van der Waals surface area (Å²) in [7, 11) is 0. The maximum absolute atomic E-state index is 11.8. The van der Waals surface area contributed by atoms with Gasteiger partial charge in [0.2, 0.25) is 5.91 Å². The monoisotopic (exact) mass is 245 g/mol. The number of hydrogen-bond acceptors (Lipinski definition) is 2. The molecule has 2 N–H and O–H groups in total. The van der Waals surface area contributed by atoms with Gasteiger partial charge in [-0.1, -0.05) is 24.3 Å². The summed E-state index contributed by atoms with van der Waals surface area (Å²) >= 11 is 0. The van der Waals surface area contributed by atoms with Crippen LogP contribution in [0.1, 0.15) is 29.9 Å². The van der Waals surface area contributed by atoms with Gasteiger partial charge < -0.3 is 10.4 Å². The molecule has 1 unspecified atom stereocenters. The number of rotatable bonds is 4. The zero-order valence-corrected chi connectivity index (χ0v) is 9.98. The van der Waals surface area contributed by atoms with Gasteiger partial charge in [-0.15, -0.1) is 0 Å². The number of carbonyl (C=O) groups is 2. The van der Waals surface area contributed by atoms with Crippen LogP contribution in [0.4, 0.5) is 0 Å². The van der Waals surface area contributed by atoms with Crippen LogP contribution in [-0.4, -0.2) is 23.5 Å². The van der Waals surface area contributed by atoms with E-state index in [0.717, 1.165) is 6.42 Å². The van der Waals surface area contributed by atoms with E-state index in [1.54, 1.807) is 0 Å². The van der Waals surface area contributed by atoms with Crippen molar-refractivity contribution in [2.75, 3.05) is 6.54 Å². The standard InChI is InChI=1S/C14H15NO3/c16-12(14(5-6-14)13(17)18)15-8-10-7-9-3-1-2-4-11(9)10/h1-4,10H,5-8H2,(H,15,16)(H,17,18).